The lowest BCUT2D eigenvalue weighted by molar-refractivity contribution is 0.201. The Hall–Kier alpha value is -0.680. The summed E-state index contributed by atoms with van der Waals surface area (Å²) in [6.07, 6.45) is 17.9. The molecule has 0 atom stereocenters. The van der Waals surface area contributed by atoms with Crippen molar-refractivity contribution in [2.45, 2.75) is 84.0 Å². The summed E-state index contributed by atoms with van der Waals surface area (Å²) in [5.74, 6) is 0.409. The van der Waals surface area contributed by atoms with Gasteiger partial charge < -0.3 is 14.4 Å². The van der Waals surface area contributed by atoms with Crippen LogP contribution in [0.5, 0.6) is 5.75 Å². The predicted octanol–water partition coefficient (Wildman–Crippen LogP) is 6.17. The molecule has 0 aliphatic rings. The Bertz CT molecular complexity index is 609. The monoisotopic (exact) mass is 476 g/mol. The quantitative estimate of drug-likeness (QED) is 0.228. The fraction of sp³-hybridized carbons (Fsp3) is 0.750. The summed E-state index contributed by atoms with van der Waals surface area (Å²) < 4.78 is 36.5. The second-order valence-corrected chi connectivity index (χ2v) is 14.0. The van der Waals surface area contributed by atoms with Crippen molar-refractivity contribution in [2.75, 3.05) is 37.9 Å². The van der Waals surface area contributed by atoms with Gasteiger partial charge >= 0.3 is 0 Å². The van der Waals surface area contributed by atoms with Gasteiger partial charge in [0.2, 0.25) is 0 Å². The average molecular weight is 477 g/mol. The van der Waals surface area contributed by atoms with Crippen LogP contribution in [-0.2, 0) is 10.1 Å². The van der Waals surface area contributed by atoms with Crippen LogP contribution in [0.2, 0.25) is 0 Å². The fourth-order valence-electron chi connectivity index (χ4n) is 3.51. The van der Waals surface area contributed by atoms with E-state index in [0.29, 0.717) is 5.75 Å². The highest BCUT2D eigenvalue weighted by atomic mass is 32.2. The van der Waals surface area contributed by atoms with Crippen molar-refractivity contribution >= 4 is 17.4 Å². The van der Waals surface area contributed by atoms with E-state index in [1.807, 2.05) is 0 Å². The van der Waals surface area contributed by atoms with Gasteiger partial charge in [0.05, 0.1) is 36.2 Å². The lowest BCUT2D eigenvalue weighted by atomic mass is 10.3. The molecule has 0 spiro atoms. The van der Waals surface area contributed by atoms with Crippen LogP contribution in [0.25, 0.3) is 0 Å². The van der Waals surface area contributed by atoms with Crippen molar-refractivity contribution in [3.05, 3.63) is 24.3 Å². The number of rotatable bonds is 16. The van der Waals surface area contributed by atoms with Crippen molar-refractivity contribution in [2.24, 2.45) is 0 Å². The lowest BCUT2D eigenvalue weighted by Gasteiger charge is -2.28. The van der Waals surface area contributed by atoms with Crippen LogP contribution < -0.4 is 4.74 Å². The molecule has 31 heavy (non-hydrogen) atoms. The highest BCUT2D eigenvalue weighted by molar-refractivity contribution is 7.85. The van der Waals surface area contributed by atoms with Gasteiger partial charge in [-0.15, -0.1) is 0 Å². The van der Waals surface area contributed by atoms with Crippen molar-refractivity contribution in [1.29, 1.82) is 0 Å². The van der Waals surface area contributed by atoms with Gasteiger partial charge in [0.25, 0.3) is 0 Å². The minimum absolute atomic E-state index is 0.123. The van der Waals surface area contributed by atoms with Crippen molar-refractivity contribution in [1.82, 2.24) is 0 Å². The van der Waals surface area contributed by atoms with E-state index < -0.39 is 17.4 Å². The molecular formula is C24H45O5PS. The molecule has 7 heteroatoms. The molecule has 0 unspecified atom stereocenters. The summed E-state index contributed by atoms with van der Waals surface area (Å²) in [4.78, 5) is -0.297. The summed E-state index contributed by atoms with van der Waals surface area (Å²) in [5, 5.41) is 8.44. The Morgan fingerprint density at radius 3 is 1.48 bits per heavy atom. The highest BCUT2D eigenvalue weighted by Gasteiger charge is 2.34. The maximum Gasteiger partial charge on any atom is 0.124 e. The molecule has 1 aromatic carbocycles. The first kappa shape index (κ1) is 30.3. The van der Waals surface area contributed by atoms with E-state index >= 15 is 0 Å². The summed E-state index contributed by atoms with van der Waals surface area (Å²) in [6.45, 7) is 9.43. The zero-order valence-electron chi connectivity index (χ0n) is 20.1. The maximum absolute atomic E-state index is 10.5. The Morgan fingerprint density at radius 1 is 0.806 bits per heavy atom. The molecule has 1 rings (SSSR count). The third-order valence-electron chi connectivity index (χ3n) is 5.42. The Kier molecular flexibility index (Phi) is 17.4. The zero-order chi connectivity index (χ0) is 23.6. The molecule has 1 aromatic rings. The number of hydrogen-bond acceptors (Lipinski definition) is 5. The first-order chi connectivity index (χ1) is 14.8. The van der Waals surface area contributed by atoms with Gasteiger partial charge in [-0.05, 0) is 49.9 Å². The molecule has 0 radical (unpaired) electrons. The Labute approximate surface area is 192 Å². The van der Waals surface area contributed by atoms with Crippen molar-refractivity contribution in [3.63, 3.8) is 0 Å². The number of aliphatic hydroxyl groups excluding tert-OH is 1. The van der Waals surface area contributed by atoms with Crippen molar-refractivity contribution < 1.29 is 22.8 Å². The minimum Gasteiger partial charge on any atom is -0.744 e. The maximum atomic E-state index is 10.5. The summed E-state index contributed by atoms with van der Waals surface area (Å²) in [5.41, 5.74) is 0. The van der Waals surface area contributed by atoms with Gasteiger partial charge in [-0.3, -0.25) is 0 Å². The summed E-state index contributed by atoms with van der Waals surface area (Å²) in [6, 6.07) is 5.05. The molecule has 5 nitrogen and oxygen atoms in total. The predicted molar refractivity (Wildman–Crippen MR) is 133 cm³/mol. The second-order valence-electron chi connectivity index (χ2n) is 8.15. The number of benzene rings is 1. The third kappa shape index (κ3) is 14.2. The molecule has 0 aliphatic heterocycles. The van der Waals surface area contributed by atoms with E-state index in [-0.39, 0.29) is 18.1 Å². The van der Waals surface area contributed by atoms with Gasteiger partial charge in [0.1, 0.15) is 22.5 Å². The SMILES string of the molecule is CCCC[P+](CCCC)(CCCC)CCCC.O=S(=O)([O-])c1ccc(OCCO)cc1. The minimum atomic E-state index is -4.40. The van der Waals surface area contributed by atoms with Gasteiger partial charge in [0, 0.05) is 7.26 Å². The molecule has 182 valence electrons. The van der Waals surface area contributed by atoms with Crippen LogP contribution >= 0.6 is 7.26 Å². The lowest BCUT2D eigenvalue weighted by Crippen LogP contribution is -2.12. The normalized spacial score (nSPS) is 11.7. The Balaban J connectivity index is 0.000000590. The molecular weight excluding hydrogens is 431 g/mol. The highest BCUT2D eigenvalue weighted by Crippen LogP contribution is 2.61. The van der Waals surface area contributed by atoms with Crippen LogP contribution in [0.3, 0.4) is 0 Å². The summed E-state index contributed by atoms with van der Waals surface area (Å²) in [7, 11) is -4.96. The first-order valence-electron chi connectivity index (χ1n) is 11.9. The van der Waals surface area contributed by atoms with Crippen LogP contribution in [-0.4, -0.2) is 55.9 Å². The molecule has 0 heterocycles. The van der Waals surface area contributed by atoms with E-state index in [1.165, 1.54) is 63.5 Å². The van der Waals surface area contributed by atoms with E-state index in [4.69, 9.17) is 9.84 Å². The molecule has 0 saturated heterocycles. The topological polar surface area (TPSA) is 86.7 Å². The molecule has 0 bridgehead atoms. The first-order valence-corrected chi connectivity index (χ1v) is 15.9. The summed E-state index contributed by atoms with van der Waals surface area (Å²) >= 11 is 0. The fourth-order valence-corrected chi connectivity index (χ4v) is 9.27. The molecule has 0 fully saturated rings. The second kappa shape index (κ2) is 17.8. The molecule has 1 N–H and O–H groups in total. The van der Waals surface area contributed by atoms with Crippen LogP contribution in [0.1, 0.15) is 79.1 Å². The number of unbranched alkanes of at least 4 members (excludes halogenated alkanes) is 4. The molecule has 0 aromatic heterocycles. The van der Waals surface area contributed by atoms with E-state index in [0.717, 1.165) is 12.1 Å². The van der Waals surface area contributed by atoms with Gasteiger partial charge in [-0.1, -0.05) is 53.4 Å². The van der Waals surface area contributed by atoms with Gasteiger partial charge in [-0.25, -0.2) is 8.42 Å². The van der Waals surface area contributed by atoms with Gasteiger partial charge in [-0.2, -0.15) is 0 Å². The third-order valence-corrected chi connectivity index (χ3v) is 11.3. The number of ether oxygens (including phenoxy) is 1. The van der Waals surface area contributed by atoms with E-state index in [9.17, 15) is 13.0 Å². The average Bonchev–Trinajstić information content (AvgIpc) is 2.77. The van der Waals surface area contributed by atoms with E-state index in [2.05, 4.69) is 27.7 Å². The zero-order valence-corrected chi connectivity index (χ0v) is 21.9. The van der Waals surface area contributed by atoms with Crippen LogP contribution in [0, 0.1) is 0 Å². The number of aliphatic hydroxyl groups is 1. The number of hydrogen-bond donors (Lipinski definition) is 1. The largest absolute Gasteiger partial charge is 0.744 e. The van der Waals surface area contributed by atoms with Crippen LogP contribution in [0.15, 0.2) is 29.2 Å². The van der Waals surface area contributed by atoms with Crippen molar-refractivity contribution in [3.8, 4) is 5.75 Å². The Morgan fingerprint density at radius 2 is 1.19 bits per heavy atom. The van der Waals surface area contributed by atoms with Gasteiger partial charge in [0.15, 0.2) is 0 Å². The smallest absolute Gasteiger partial charge is 0.124 e. The van der Waals surface area contributed by atoms with Crippen LogP contribution in [0.4, 0.5) is 0 Å². The molecule has 0 saturated carbocycles. The van der Waals surface area contributed by atoms with E-state index in [1.54, 1.807) is 24.6 Å². The molecule has 0 aliphatic carbocycles. The standard InChI is InChI=1S/C16H36P.C8H10O5S/c1-5-9-13-17(14-10-6-2,15-11-7-3)16-12-8-4;9-5-6-13-7-1-3-8(4-2-7)14(10,11)12/h5-16H2,1-4H3;1-4,9H,5-6H2,(H,10,11,12)/q+1;/p-1. The molecule has 0 amide bonds.